The van der Waals surface area contributed by atoms with Gasteiger partial charge in [-0.25, -0.2) is 0 Å². The fraction of sp³-hybridized carbons (Fsp3) is 0.722. The molecule has 6 nitrogen and oxygen atoms in total. The Balaban J connectivity index is 2.44. The zero-order chi connectivity index (χ0) is 22.7. The first-order valence-electron chi connectivity index (χ1n) is 9.61. The Labute approximate surface area is 171 Å². The minimum atomic E-state index is -4.57. The van der Waals surface area contributed by atoms with E-state index in [1.807, 2.05) is 25.1 Å². The van der Waals surface area contributed by atoms with Gasteiger partial charge in [0.05, 0.1) is 0 Å². The Kier molecular flexibility index (Phi) is 7.54. The smallest absolute Gasteiger partial charge is 0.343 e. The number of alkyl halides is 6. The third-order valence-corrected chi connectivity index (χ3v) is 4.87. The fourth-order valence-electron chi connectivity index (χ4n) is 2.99. The first-order valence-corrected chi connectivity index (χ1v) is 9.61. The third kappa shape index (κ3) is 6.44. The lowest BCUT2D eigenvalue weighted by atomic mass is 9.94. The predicted octanol–water partition coefficient (Wildman–Crippen LogP) is 4.48. The second-order valence-corrected chi connectivity index (χ2v) is 7.48. The minimum Gasteiger partial charge on any atom is -0.343 e. The molecule has 2 N–H and O–H groups in total. The van der Waals surface area contributed by atoms with Crippen molar-refractivity contribution in [1.82, 2.24) is 19.9 Å². The molecule has 12 heteroatoms. The van der Waals surface area contributed by atoms with E-state index in [4.69, 9.17) is 0 Å². The molecule has 170 valence electrons. The normalized spacial score (nSPS) is 20.0. The summed E-state index contributed by atoms with van der Waals surface area (Å²) in [4.78, 5) is 13.9. The number of nitrogens with one attached hydrogen (secondary N) is 2. The van der Waals surface area contributed by atoms with Gasteiger partial charge in [0.2, 0.25) is 11.9 Å². The number of nitrogens with zero attached hydrogens (tertiary/aromatic N) is 4. The van der Waals surface area contributed by atoms with E-state index in [9.17, 15) is 26.3 Å². The molecule has 0 saturated heterocycles. The maximum atomic E-state index is 13.2. The van der Waals surface area contributed by atoms with Gasteiger partial charge in [-0.3, -0.25) is 0 Å². The molecule has 0 amide bonds. The van der Waals surface area contributed by atoms with E-state index in [1.165, 1.54) is 6.92 Å². The van der Waals surface area contributed by atoms with Gasteiger partial charge in [0.25, 0.3) is 0 Å². The van der Waals surface area contributed by atoms with Crippen LogP contribution in [-0.2, 0) is 0 Å². The van der Waals surface area contributed by atoms with Crippen LogP contribution < -0.4 is 10.6 Å². The molecule has 0 saturated carbocycles. The van der Waals surface area contributed by atoms with Gasteiger partial charge in [0, 0.05) is 6.04 Å². The number of likely N-dealkylation sites (N-methyl/N-ethyl adjacent to an activating group) is 1. The monoisotopic (exact) mass is 440 g/mol. The molecular formula is C18H26F6N6. The summed E-state index contributed by atoms with van der Waals surface area (Å²) in [5.74, 6) is -0.792. The van der Waals surface area contributed by atoms with Gasteiger partial charge in [-0.15, -0.1) is 0 Å². The van der Waals surface area contributed by atoms with Crippen LogP contribution in [-0.4, -0.2) is 64.4 Å². The first-order chi connectivity index (χ1) is 13.8. The average molecular weight is 440 g/mol. The van der Waals surface area contributed by atoms with Gasteiger partial charge in [-0.1, -0.05) is 13.0 Å². The molecule has 0 bridgehead atoms. The Morgan fingerprint density at radius 1 is 1.03 bits per heavy atom. The molecule has 0 aliphatic heterocycles. The van der Waals surface area contributed by atoms with Crippen molar-refractivity contribution in [3.63, 3.8) is 0 Å². The number of hydrogen-bond donors (Lipinski definition) is 2. The Hall–Kier alpha value is -2.11. The molecular weight excluding hydrogens is 414 g/mol. The van der Waals surface area contributed by atoms with Gasteiger partial charge in [-0.05, 0) is 52.3 Å². The van der Waals surface area contributed by atoms with Crippen LogP contribution in [0.4, 0.5) is 38.2 Å². The molecule has 1 unspecified atom stereocenters. The van der Waals surface area contributed by atoms with E-state index in [0.717, 1.165) is 19.8 Å². The van der Waals surface area contributed by atoms with Crippen LogP contribution in [0.3, 0.4) is 0 Å². The van der Waals surface area contributed by atoms with Crippen molar-refractivity contribution < 1.29 is 26.3 Å². The molecule has 0 fully saturated rings. The maximum absolute atomic E-state index is 13.2. The summed E-state index contributed by atoms with van der Waals surface area (Å²) in [6.07, 6.45) is -5.29. The summed E-state index contributed by atoms with van der Waals surface area (Å²) in [5, 5.41) is 4.31. The molecule has 0 spiro atoms. The zero-order valence-corrected chi connectivity index (χ0v) is 17.2. The molecule has 1 aliphatic rings. The van der Waals surface area contributed by atoms with E-state index in [1.54, 1.807) is 0 Å². The van der Waals surface area contributed by atoms with Gasteiger partial charge in [0.15, 0.2) is 5.82 Å². The van der Waals surface area contributed by atoms with Gasteiger partial charge in [-0.2, -0.15) is 41.3 Å². The minimum absolute atomic E-state index is 0.0629. The number of allylic oxidation sites excluding steroid dienone is 1. The fourth-order valence-corrected chi connectivity index (χ4v) is 2.99. The standard InChI is InChI=1S/C18H26F6N6/c1-5-13(18(22,23)24)26-16-28-14(11-7-6-8-12(9-11)30(3)4)27-15(29-16)25-10(2)17(19,20)21/h9-10,12-13H,5-8H2,1-4H3,(H2,25,26,27,28,29)/t10-,12?,13-/m1/s1. The Morgan fingerprint density at radius 3 is 2.13 bits per heavy atom. The van der Waals surface area contributed by atoms with Crippen LogP contribution in [0.15, 0.2) is 6.08 Å². The highest BCUT2D eigenvalue weighted by molar-refractivity contribution is 5.63. The molecule has 0 radical (unpaired) electrons. The second kappa shape index (κ2) is 9.36. The highest BCUT2D eigenvalue weighted by atomic mass is 19.4. The second-order valence-electron chi connectivity index (χ2n) is 7.48. The summed E-state index contributed by atoms with van der Waals surface area (Å²) in [7, 11) is 3.77. The highest BCUT2D eigenvalue weighted by Gasteiger charge is 2.39. The van der Waals surface area contributed by atoms with Crippen molar-refractivity contribution in [2.45, 2.75) is 70.0 Å². The Bertz CT molecular complexity index is 746. The molecule has 30 heavy (non-hydrogen) atoms. The van der Waals surface area contributed by atoms with Crippen molar-refractivity contribution in [1.29, 1.82) is 0 Å². The molecule has 0 aromatic carbocycles. The largest absolute Gasteiger partial charge is 0.408 e. The molecule has 3 atom stereocenters. The van der Waals surface area contributed by atoms with Crippen LogP contribution in [0, 0.1) is 0 Å². The molecule has 1 aliphatic carbocycles. The lowest BCUT2D eigenvalue weighted by Gasteiger charge is -2.26. The molecule has 2 rings (SSSR count). The third-order valence-electron chi connectivity index (χ3n) is 4.87. The Morgan fingerprint density at radius 2 is 1.63 bits per heavy atom. The number of aromatic nitrogens is 3. The molecule has 1 heterocycles. The quantitative estimate of drug-likeness (QED) is 0.610. The maximum Gasteiger partial charge on any atom is 0.408 e. The summed E-state index contributed by atoms with van der Waals surface area (Å²) in [6.45, 7) is 2.21. The van der Waals surface area contributed by atoms with E-state index >= 15 is 0 Å². The van der Waals surface area contributed by atoms with Crippen molar-refractivity contribution in [2.24, 2.45) is 0 Å². The summed E-state index contributed by atoms with van der Waals surface area (Å²) >= 11 is 0. The van der Waals surface area contributed by atoms with Crippen molar-refractivity contribution >= 4 is 17.5 Å². The molecule has 1 aromatic heterocycles. The van der Waals surface area contributed by atoms with Crippen LogP contribution in [0.1, 0.15) is 45.4 Å². The van der Waals surface area contributed by atoms with Crippen LogP contribution in [0.5, 0.6) is 0 Å². The number of anilines is 2. The van der Waals surface area contributed by atoms with Gasteiger partial charge < -0.3 is 15.5 Å². The van der Waals surface area contributed by atoms with Crippen LogP contribution in [0.2, 0.25) is 0 Å². The van der Waals surface area contributed by atoms with Crippen LogP contribution in [0.25, 0.3) is 5.57 Å². The van der Waals surface area contributed by atoms with Crippen molar-refractivity contribution in [3.8, 4) is 0 Å². The summed E-state index contributed by atoms with van der Waals surface area (Å²) in [5.41, 5.74) is 0.660. The van der Waals surface area contributed by atoms with E-state index < -0.39 is 36.3 Å². The van der Waals surface area contributed by atoms with Crippen molar-refractivity contribution in [3.05, 3.63) is 11.9 Å². The average Bonchev–Trinajstić information content (AvgIpc) is 2.64. The van der Waals surface area contributed by atoms with E-state index in [2.05, 4.69) is 25.6 Å². The van der Waals surface area contributed by atoms with Gasteiger partial charge >= 0.3 is 12.4 Å². The predicted molar refractivity (Wildman–Crippen MR) is 102 cm³/mol. The van der Waals surface area contributed by atoms with E-state index in [0.29, 0.717) is 12.0 Å². The van der Waals surface area contributed by atoms with E-state index in [-0.39, 0.29) is 18.3 Å². The zero-order valence-electron chi connectivity index (χ0n) is 17.2. The molecule has 1 aromatic rings. The topological polar surface area (TPSA) is 66.0 Å². The lowest BCUT2D eigenvalue weighted by molar-refractivity contribution is -0.143. The summed E-state index contributed by atoms with van der Waals surface area (Å²) in [6, 6.07) is -3.85. The highest BCUT2D eigenvalue weighted by Crippen LogP contribution is 2.30. The first kappa shape index (κ1) is 24.2. The summed E-state index contributed by atoms with van der Waals surface area (Å²) < 4.78 is 78.3. The SMILES string of the molecule is CC[C@@H](Nc1nc(N[C@H](C)C(F)(F)F)nc(C2=CC(N(C)C)CCC2)n1)C(F)(F)F. The van der Waals surface area contributed by atoms with Crippen LogP contribution >= 0.6 is 0 Å². The number of rotatable bonds is 7. The lowest BCUT2D eigenvalue weighted by Crippen LogP contribution is -2.37. The van der Waals surface area contributed by atoms with Crippen molar-refractivity contribution in [2.75, 3.05) is 24.7 Å². The number of halogens is 6. The number of hydrogen-bond acceptors (Lipinski definition) is 6. The van der Waals surface area contributed by atoms with Gasteiger partial charge in [0.1, 0.15) is 12.1 Å².